The number of alkyl carbamates (subject to hydrolysis) is 1. The normalized spacial score (nSPS) is 15.9. The number of imide groups is 1. The van der Waals surface area contributed by atoms with Crippen LogP contribution in [0, 0.1) is 11.8 Å². The van der Waals surface area contributed by atoms with Crippen LogP contribution >= 0.6 is 0 Å². The molecule has 8 nitrogen and oxygen atoms in total. The fourth-order valence-corrected chi connectivity index (χ4v) is 2.63. The molecule has 1 N–H and O–H groups in total. The Balaban J connectivity index is 6.09. The molecule has 0 aromatic carbocycles. The molecule has 0 aliphatic carbocycles. The van der Waals surface area contributed by atoms with Crippen molar-refractivity contribution in [3.63, 3.8) is 0 Å². The molecule has 0 aromatic heterocycles. The zero-order valence-corrected chi connectivity index (χ0v) is 20.2. The van der Waals surface area contributed by atoms with Gasteiger partial charge in [0.25, 0.3) is 5.91 Å². The van der Waals surface area contributed by atoms with Crippen LogP contribution in [0.3, 0.4) is 0 Å². The van der Waals surface area contributed by atoms with Crippen LogP contribution in [0.25, 0.3) is 0 Å². The van der Waals surface area contributed by atoms with Gasteiger partial charge in [0.1, 0.15) is 29.6 Å². The molecule has 0 aliphatic rings. The predicted molar refractivity (Wildman–Crippen MR) is 115 cm³/mol. The Labute approximate surface area is 181 Å². The lowest BCUT2D eigenvalue weighted by Gasteiger charge is -2.35. The Morgan fingerprint density at radius 3 is 1.73 bits per heavy atom. The maximum atomic E-state index is 13.5. The molecule has 0 bridgehead atoms. The summed E-state index contributed by atoms with van der Waals surface area (Å²) in [6.07, 6.45) is 0.0324. The molecule has 0 heterocycles. The molecule has 30 heavy (non-hydrogen) atoms. The second-order valence-corrected chi connectivity index (χ2v) is 9.71. The van der Waals surface area contributed by atoms with Gasteiger partial charge in [0.2, 0.25) is 0 Å². The van der Waals surface area contributed by atoms with Gasteiger partial charge in [0.15, 0.2) is 0 Å². The quantitative estimate of drug-likeness (QED) is 0.578. The summed E-state index contributed by atoms with van der Waals surface area (Å²) in [5, 5.41) is 2.58. The minimum absolute atomic E-state index is 0.280. The van der Waals surface area contributed by atoms with E-state index in [2.05, 4.69) is 5.32 Å². The lowest BCUT2D eigenvalue weighted by molar-refractivity contribution is -0.139. The third-order valence-electron chi connectivity index (χ3n) is 4.64. The summed E-state index contributed by atoms with van der Waals surface area (Å²) < 4.78 is 10.7. The number of rotatable bonds is 8. The third kappa shape index (κ3) is 9.13. The fraction of sp³-hybridized carbons (Fsp3) is 0.818. The molecule has 0 spiro atoms. The van der Waals surface area contributed by atoms with Gasteiger partial charge in [-0.25, -0.2) is 14.5 Å². The average Bonchev–Trinajstić information content (AvgIpc) is 2.59. The van der Waals surface area contributed by atoms with Gasteiger partial charge >= 0.3 is 12.2 Å². The van der Waals surface area contributed by atoms with E-state index in [9.17, 15) is 19.2 Å². The molecular weight excluding hydrogens is 388 g/mol. The summed E-state index contributed by atoms with van der Waals surface area (Å²) in [5.74, 6) is -1.28. The third-order valence-corrected chi connectivity index (χ3v) is 4.64. The second-order valence-electron chi connectivity index (χ2n) is 9.71. The van der Waals surface area contributed by atoms with E-state index in [1.54, 1.807) is 55.4 Å². The van der Waals surface area contributed by atoms with Crippen molar-refractivity contribution in [1.29, 1.82) is 0 Å². The van der Waals surface area contributed by atoms with Gasteiger partial charge in [-0.3, -0.25) is 4.79 Å². The average molecular weight is 429 g/mol. The van der Waals surface area contributed by atoms with E-state index in [0.29, 0.717) is 19.1 Å². The van der Waals surface area contributed by atoms with E-state index in [-0.39, 0.29) is 11.8 Å². The first-order valence-corrected chi connectivity index (χ1v) is 10.6. The zero-order valence-electron chi connectivity index (χ0n) is 20.2. The van der Waals surface area contributed by atoms with Crippen molar-refractivity contribution in [2.24, 2.45) is 11.8 Å². The standard InChI is InChI=1S/C22H40N2O6/c1-11-14(3)16(13-25)24(20(28)30-22(8,9)10)18(26)17(15(4)12-2)23-19(27)29-21(5,6)7/h13-17H,11-12H2,1-10H3,(H,23,27)/t14-,15-,16+,17-/m0/s1. The van der Waals surface area contributed by atoms with Crippen LogP contribution in [0.1, 0.15) is 82.1 Å². The van der Waals surface area contributed by atoms with Crippen molar-refractivity contribution in [2.75, 3.05) is 0 Å². The first-order chi connectivity index (χ1) is 13.6. The van der Waals surface area contributed by atoms with E-state index >= 15 is 0 Å². The second kappa shape index (κ2) is 11.3. The van der Waals surface area contributed by atoms with E-state index in [4.69, 9.17) is 9.47 Å². The largest absolute Gasteiger partial charge is 0.444 e. The molecule has 0 aliphatic heterocycles. The van der Waals surface area contributed by atoms with Crippen molar-refractivity contribution in [1.82, 2.24) is 10.2 Å². The Kier molecular flexibility index (Phi) is 10.5. The summed E-state index contributed by atoms with van der Waals surface area (Å²) in [4.78, 5) is 51.5. The maximum absolute atomic E-state index is 13.5. The number of ether oxygens (including phenoxy) is 2. The van der Waals surface area contributed by atoms with Crippen molar-refractivity contribution in [3.05, 3.63) is 0 Å². The molecule has 0 unspecified atom stereocenters. The molecule has 4 atom stereocenters. The predicted octanol–water partition coefficient (Wildman–Crippen LogP) is 4.30. The first kappa shape index (κ1) is 27.9. The number of nitrogens with zero attached hydrogens (tertiary/aromatic N) is 1. The van der Waals surface area contributed by atoms with Crippen LogP contribution in [-0.2, 0) is 19.1 Å². The lowest BCUT2D eigenvalue weighted by Crippen LogP contribution is -2.59. The Morgan fingerprint density at radius 2 is 1.37 bits per heavy atom. The molecule has 0 saturated carbocycles. The highest BCUT2D eigenvalue weighted by atomic mass is 16.6. The summed E-state index contributed by atoms with van der Waals surface area (Å²) in [5.41, 5.74) is -1.61. The molecule has 3 amide bonds. The summed E-state index contributed by atoms with van der Waals surface area (Å²) >= 11 is 0. The van der Waals surface area contributed by atoms with Crippen LogP contribution < -0.4 is 5.32 Å². The highest BCUT2D eigenvalue weighted by Gasteiger charge is 2.41. The molecule has 0 saturated heterocycles. The van der Waals surface area contributed by atoms with E-state index in [1.165, 1.54) is 0 Å². The van der Waals surface area contributed by atoms with Crippen molar-refractivity contribution >= 4 is 24.4 Å². The first-order valence-electron chi connectivity index (χ1n) is 10.6. The number of hydrogen-bond donors (Lipinski definition) is 1. The lowest BCUT2D eigenvalue weighted by atomic mass is 9.94. The highest BCUT2D eigenvalue weighted by molar-refractivity contribution is 5.99. The van der Waals surface area contributed by atoms with Gasteiger partial charge in [0.05, 0.1) is 0 Å². The van der Waals surface area contributed by atoms with Gasteiger partial charge in [-0.2, -0.15) is 0 Å². The Bertz CT molecular complexity index is 606. The molecule has 0 radical (unpaired) electrons. The molecule has 174 valence electrons. The SMILES string of the molecule is CC[C@H](C)[C@H](NC(=O)OC(C)(C)C)C(=O)N(C(=O)OC(C)(C)C)[C@H](C=O)[C@@H](C)CC. The van der Waals surface area contributed by atoms with E-state index in [1.807, 2.05) is 13.8 Å². The van der Waals surface area contributed by atoms with Gasteiger partial charge in [-0.1, -0.05) is 40.5 Å². The van der Waals surface area contributed by atoms with Gasteiger partial charge in [-0.15, -0.1) is 0 Å². The molecule has 0 rings (SSSR count). The Hall–Kier alpha value is -2.12. The van der Waals surface area contributed by atoms with E-state index < -0.39 is 41.4 Å². The van der Waals surface area contributed by atoms with Gasteiger partial charge in [-0.05, 0) is 53.4 Å². The molecular formula is C22H40N2O6. The Morgan fingerprint density at radius 1 is 0.900 bits per heavy atom. The molecule has 0 aromatic rings. The number of carbonyl (C=O) groups excluding carboxylic acids is 4. The number of carbonyl (C=O) groups is 4. The fourth-order valence-electron chi connectivity index (χ4n) is 2.63. The molecule has 8 heteroatoms. The minimum atomic E-state index is -1.05. The number of hydrogen-bond acceptors (Lipinski definition) is 6. The van der Waals surface area contributed by atoms with Crippen LogP contribution in [0.4, 0.5) is 9.59 Å². The van der Waals surface area contributed by atoms with E-state index in [0.717, 1.165) is 4.90 Å². The number of aldehydes is 1. The highest BCUT2D eigenvalue weighted by Crippen LogP contribution is 2.21. The summed E-state index contributed by atoms with van der Waals surface area (Å²) in [6, 6.07) is -2.06. The van der Waals surface area contributed by atoms with Crippen molar-refractivity contribution in [3.8, 4) is 0 Å². The number of nitrogens with one attached hydrogen (secondary N) is 1. The maximum Gasteiger partial charge on any atom is 0.417 e. The van der Waals surface area contributed by atoms with Gasteiger partial charge in [0, 0.05) is 0 Å². The molecule has 0 fully saturated rings. The van der Waals surface area contributed by atoms with Crippen LogP contribution in [0.5, 0.6) is 0 Å². The zero-order chi connectivity index (χ0) is 23.9. The summed E-state index contributed by atoms with van der Waals surface area (Å²) in [6.45, 7) is 17.5. The van der Waals surface area contributed by atoms with Crippen LogP contribution in [0.15, 0.2) is 0 Å². The van der Waals surface area contributed by atoms with Crippen LogP contribution in [0.2, 0.25) is 0 Å². The monoisotopic (exact) mass is 428 g/mol. The number of amides is 3. The topological polar surface area (TPSA) is 102 Å². The van der Waals surface area contributed by atoms with Gasteiger partial charge < -0.3 is 19.6 Å². The smallest absolute Gasteiger partial charge is 0.417 e. The van der Waals surface area contributed by atoms with Crippen LogP contribution in [-0.4, -0.2) is 52.6 Å². The van der Waals surface area contributed by atoms with Crippen molar-refractivity contribution in [2.45, 2.75) is 105 Å². The summed E-state index contributed by atoms with van der Waals surface area (Å²) in [7, 11) is 0. The minimum Gasteiger partial charge on any atom is -0.444 e. The van der Waals surface area contributed by atoms with Crippen molar-refractivity contribution < 1.29 is 28.7 Å².